The Balaban J connectivity index is 2.82. The minimum Gasteiger partial charge on any atom is -0.497 e. The highest BCUT2D eigenvalue weighted by molar-refractivity contribution is 7.46. The van der Waals surface area contributed by atoms with E-state index < -0.39 is 14.1 Å². The van der Waals surface area contributed by atoms with E-state index in [1.54, 1.807) is 12.1 Å². The van der Waals surface area contributed by atoms with Gasteiger partial charge in [0.05, 0.1) is 7.11 Å². The van der Waals surface area contributed by atoms with E-state index in [2.05, 4.69) is 4.52 Å². The number of ether oxygens (including phenoxy) is 1. The quantitative estimate of drug-likeness (QED) is 0.526. The first-order valence-electron chi connectivity index (χ1n) is 3.98. The maximum atomic E-state index is 10.5. The number of aliphatic hydroxyl groups excluding tert-OH is 1. The van der Waals surface area contributed by atoms with Gasteiger partial charge >= 0.3 is 7.82 Å². The van der Waals surface area contributed by atoms with Gasteiger partial charge in [0.15, 0.2) is 6.29 Å². The molecule has 0 radical (unpaired) electrons. The SMILES string of the molecule is COc1cccc(C(O)OP(=O)(O)O)c1. The van der Waals surface area contributed by atoms with E-state index in [9.17, 15) is 9.67 Å². The molecule has 6 nitrogen and oxygen atoms in total. The number of methoxy groups -OCH3 is 1. The van der Waals surface area contributed by atoms with Crippen LogP contribution in [-0.4, -0.2) is 22.0 Å². The third-order valence-corrected chi connectivity index (χ3v) is 2.09. The van der Waals surface area contributed by atoms with Crippen LogP contribution in [0.1, 0.15) is 11.9 Å². The van der Waals surface area contributed by atoms with Crippen molar-refractivity contribution in [3.63, 3.8) is 0 Å². The van der Waals surface area contributed by atoms with Gasteiger partial charge in [-0.05, 0) is 12.1 Å². The summed E-state index contributed by atoms with van der Waals surface area (Å²) >= 11 is 0. The molecular formula is C8H11O6P. The average molecular weight is 234 g/mol. The maximum Gasteiger partial charge on any atom is 0.472 e. The minimum absolute atomic E-state index is 0.206. The van der Waals surface area contributed by atoms with Crippen molar-refractivity contribution >= 4 is 7.82 Å². The first-order valence-corrected chi connectivity index (χ1v) is 5.51. The van der Waals surface area contributed by atoms with Gasteiger partial charge in [-0.2, -0.15) is 0 Å². The zero-order valence-corrected chi connectivity index (χ0v) is 8.79. The van der Waals surface area contributed by atoms with Crippen LogP contribution in [0.15, 0.2) is 24.3 Å². The molecule has 7 heteroatoms. The molecular weight excluding hydrogens is 223 g/mol. The van der Waals surface area contributed by atoms with Gasteiger partial charge in [0, 0.05) is 5.56 Å². The van der Waals surface area contributed by atoms with Crippen LogP contribution in [0.3, 0.4) is 0 Å². The maximum absolute atomic E-state index is 10.5. The topological polar surface area (TPSA) is 96.2 Å². The van der Waals surface area contributed by atoms with Gasteiger partial charge in [0.1, 0.15) is 5.75 Å². The van der Waals surface area contributed by atoms with Gasteiger partial charge in [-0.1, -0.05) is 12.1 Å². The van der Waals surface area contributed by atoms with Crippen molar-refractivity contribution in [2.75, 3.05) is 7.11 Å². The first-order chi connectivity index (χ1) is 6.92. The molecule has 0 aliphatic rings. The van der Waals surface area contributed by atoms with Crippen molar-refractivity contribution in [2.45, 2.75) is 6.29 Å². The summed E-state index contributed by atoms with van der Waals surface area (Å²) in [5, 5.41) is 9.31. The van der Waals surface area contributed by atoms with E-state index in [1.807, 2.05) is 0 Å². The molecule has 1 aromatic carbocycles. The first kappa shape index (κ1) is 12.2. The highest BCUT2D eigenvalue weighted by Gasteiger charge is 2.21. The number of rotatable bonds is 4. The third kappa shape index (κ3) is 3.99. The van der Waals surface area contributed by atoms with Crippen molar-refractivity contribution in [2.24, 2.45) is 0 Å². The van der Waals surface area contributed by atoms with E-state index in [0.717, 1.165) is 0 Å². The molecule has 0 saturated heterocycles. The lowest BCUT2D eigenvalue weighted by molar-refractivity contribution is -0.0389. The fourth-order valence-electron chi connectivity index (χ4n) is 0.986. The summed E-state index contributed by atoms with van der Waals surface area (Å²) in [6, 6.07) is 6.08. The van der Waals surface area contributed by atoms with Gasteiger partial charge in [-0.3, -0.25) is 4.52 Å². The van der Waals surface area contributed by atoms with Gasteiger partial charge in [0.25, 0.3) is 0 Å². The normalized spacial score (nSPS) is 13.6. The monoisotopic (exact) mass is 234 g/mol. The Morgan fingerprint density at radius 3 is 2.60 bits per heavy atom. The molecule has 1 atom stereocenters. The summed E-state index contributed by atoms with van der Waals surface area (Å²) in [6.45, 7) is 0. The van der Waals surface area contributed by atoms with E-state index in [4.69, 9.17) is 14.5 Å². The van der Waals surface area contributed by atoms with Crippen molar-refractivity contribution < 1.29 is 28.7 Å². The summed E-state index contributed by atoms with van der Waals surface area (Å²) in [7, 11) is -3.26. The van der Waals surface area contributed by atoms with Gasteiger partial charge in [-0.25, -0.2) is 4.57 Å². The van der Waals surface area contributed by atoms with E-state index >= 15 is 0 Å². The molecule has 0 aliphatic carbocycles. The second-order valence-electron chi connectivity index (χ2n) is 2.72. The Morgan fingerprint density at radius 2 is 2.07 bits per heavy atom. The van der Waals surface area contributed by atoms with Crippen LogP contribution in [0.2, 0.25) is 0 Å². The number of hydrogen-bond donors (Lipinski definition) is 3. The number of hydrogen-bond acceptors (Lipinski definition) is 4. The predicted octanol–water partition coefficient (Wildman–Crippen LogP) is 0.795. The summed E-state index contributed by atoms with van der Waals surface area (Å²) in [5.41, 5.74) is 0.206. The van der Waals surface area contributed by atoms with Crippen LogP contribution in [0, 0.1) is 0 Å². The number of phosphoric ester groups is 1. The van der Waals surface area contributed by atoms with Gasteiger partial charge in [0.2, 0.25) is 0 Å². The Hall–Kier alpha value is -0.910. The molecule has 1 unspecified atom stereocenters. The third-order valence-electron chi connectivity index (χ3n) is 1.62. The van der Waals surface area contributed by atoms with Crippen LogP contribution in [0.25, 0.3) is 0 Å². The summed E-state index contributed by atoms with van der Waals surface area (Å²) < 4.78 is 19.4. The van der Waals surface area contributed by atoms with E-state index in [0.29, 0.717) is 5.75 Å². The van der Waals surface area contributed by atoms with Crippen LogP contribution in [0.5, 0.6) is 5.75 Å². The molecule has 0 amide bonds. The molecule has 0 aromatic heterocycles. The molecule has 0 aliphatic heterocycles. The number of benzene rings is 1. The van der Waals surface area contributed by atoms with Crippen LogP contribution < -0.4 is 4.74 Å². The zero-order valence-electron chi connectivity index (χ0n) is 7.90. The Labute approximate surface area is 86.3 Å². The lowest BCUT2D eigenvalue weighted by Crippen LogP contribution is -2.01. The number of phosphoric acid groups is 1. The lowest BCUT2D eigenvalue weighted by atomic mass is 10.2. The Morgan fingerprint density at radius 1 is 1.40 bits per heavy atom. The van der Waals surface area contributed by atoms with Crippen LogP contribution in [-0.2, 0) is 9.09 Å². The highest BCUT2D eigenvalue weighted by Crippen LogP contribution is 2.41. The molecule has 15 heavy (non-hydrogen) atoms. The molecule has 0 bridgehead atoms. The molecule has 0 saturated carbocycles. The zero-order chi connectivity index (χ0) is 11.5. The van der Waals surface area contributed by atoms with Crippen molar-refractivity contribution in [3.05, 3.63) is 29.8 Å². The van der Waals surface area contributed by atoms with E-state index in [-0.39, 0.29) is 5.56 Å². The van der Waals surface area contributed by atoms with Crippen molar-refractivity contribution in [3.8, 4) is 5.75 Å². The largest absolute Gasteiger partial charge is 0.497 e. The molecule has 1 aromatic rings. The van der Waals surface area contributed by atoms with Gasteiger partial charge < -0.3 is 19.6 Å². The second-order valence-corrected chi connectivity index (χ2v) is 3.92. The average Bonchev–Trinajstić information content (AvgIpc) is 2.15. The molecule has 0 fully saturated rings. The number of aliphatic hydroxyl groups is 1. The van der Waals surface area contributed by atoms with Crippen LogP contribution in [0.4, 0.5) is 0 Å². The standard InChI is InChI=1S/C8H11O6P/c1-13-7-4-2-3-6(5-7)8(9)14-15(10,11)12/h2-5,8-9H,1H3,(H2,10,11,12). The summed E-state index contributed by atoms with van der Waals surface area (Å²) in [6.07, 6.45) is -1.68. The molecule has 0 spiro atoms. The second kappa shape index (κ2) is 4.74. The van der Waals surface area contributed by atoms with Gasteiger partial charge in [-0.15, -0.1) is 0 Å². The molecule has 1 rings (SSSR count). The van der Waals surface area contributed by atoms with Crippen molar-refractivity contribution in [1.82, 2.24) is 0 Å². The Bertz CT molecular complexity index is 373. The predicted molar refractivity (Wildman–Crippen MR) is 51.1 cm³/mol. The Kier molecular flexibility index (Phi) is 3.84. The molecule has 84 valence electrons. The smallest absolute Gasteiger partial charge is 0.472 e. The van der Waals surface area contributed by atoms with E-state index in [1.165, 1.54) is 19.2 Å². The summed E-state index contributed by atoms with van der Waals surface area (Å²) in [5.74, 6) is 0.459. The molecule has 0 heterocycles. The fraction of sp³-hybridized carbons (Fsp3) is 0.250. The lowest BCUT2D eigenvalue weighted by Gasteiger charge is -2.13. The minimum atomic E-state index is -4.70. The van der Waals surface area contributed by atoms with Crippen molar-refractivity contribution in [1.29, 1.82) is 0 Å². The molecule has 3 N–H and O–H groups in total. The highest BCUT2D eigenvalue weighted by atomic mass is 31.2. The fourth-order valence-corrected chi connectivity index (χ4v) is 1.37. The van der Waals surface area contributed by atoms with Crippen LogP contribution >= 0.6 is 7.82 Å². The summed E-state index contributed by atoms with van der Waals surface area (Å²) in [4.78, 5) is 16.9.